The van der Waals surface area contributed by atoms with Crippen molar-refractivity contribution in [2.75, 3.05) is 0 Å². The standard InChI is InChI=1S/4C24H23N2O/c1-15(2)12-17-9-10-18-20(14-17)27-21-13-16(3)22(24(25-4)23(18)21)19-8-6-7-11-26(19)5;1-15(2)10-17-12-24-20(14-21(17)25-4)19-13-18(16(3)11-23(19)27-24)22-8-6-7-9-26(22)5;1-15(2)10-17-12-20(25-4)24-19-14-18(21-8-6-7-9-26(21)5)16(3)11-22(19)27-23(24)13-17;1-15(2)11-17-8-9-18-20-13-19(22-7-5-6-10-26(22)4)16(3)12-23(20)27-24(18)21(17)14-25/h6-11,13-15H,12H2,1-3,5H3;2*6-9,11-15H,10H2,1-3,5H3;5-10,12-13,15H,11H2,1-4H3/q4*+1. The Bertz CT molecular complexity index is 6300. The fraction of sp³-hybridized carbons (Fsp3) is 0.250. The Hall–Kier alpha value is -12.5. The molecule has 0 aliphatic carbocycles. The molecule has 0 radical (unpaired) electrons. The van der Waals surface area contributed by atoms with Gasteiger partial charge in [0.1, 0.15) is 73.3 Å². The van der Waals surface area contributed by atoms with Crippen molar-refractivity contribution in [2.45, 2.75) is 109 Å². The van der Waals surface area contributed by atoms with E-state index in [0.717, 1.165) is 181 Å². The van der Waals surface area contributed by atoms with Crippen LogP contribution in [0.15, 0.2) is 212 Å². The molecule has 0 amide bonds. The third-order valence-electron chi connectivity index (χ3n) is 20.4. The van der Waals surface area contributed by atoms with Gasteiger partial charge in [-0.15, -0.1) is 0 Å². The van der Waals surface area contributed by atoms with Gasteiger partial charge in [0, 0.05) is 108 Å². The van der Waals surface area contributed by atoms with Crippen LogP contribution in [0.25, 0.3) is 147 Å². The second-order valence-corrected chi connectivity index (χ2v) is 30.6. The van der Waals surface area contributed by atoms with Crippen molar-refractivity contribution in [3.8, 4) is 51.1 Å². The molecule has 0 unspecified atom stereocenters. The first-order valence-electron chi connectivity index (χ1n) is 37.2. The Balaban J connectivity index is 0.000000127. The van der Waals surface area contributed by atoms with E-state index in [0.29, 0.717) is 46.2 Å². The first-order valence-corrected chi connectivity index (χ1v) is 37.2. The lowest BCUT2D eigenvalue weighted by Crippen LogP contribution is -2.30. The summed E-state index contributed by atoms with van der Waals surface area (Å²) in [6.07, 6.45) is 11.9. The van der Waals surface area contributed by atoms with Crippen molar-refractivity contribution in [1.29, 1.82) is 5.26 Å². The fourth-order valence-corrected chi connectivity index (χ4v) is 15.4. The number of fused-ring (bicyclic) bond motifs is 12. The average molecular weight is 1420 g/mol. The van der Waals surface area contributed by atoms with Gasteiger partial charge in [-0.25, -0.2) is 32.8 Å². The first-order chi connectivity index (χ1) is 51.9. The monoisotopic (exact) mass is 1420 g/mol. The van der Waals surface area contributed by atoms with Gasteiger partial charge in [-0.3, -0.25) is 0 Å². The Labute approximate surface area is 633 Å². The van der Waals surface area contributed by atoms with E-state index in [2.05, 4.69) is 282 Å². The van der Waals surface area contributed by atoms with Crippen LogP contribution in [-0.4, -0.2) is 0 Å². The van der Waals surface area contributed by atoms with E-state index in [1.165, 1.54) is 22.3 Å². The summed E-state index contributed by atoms with van der Waals surface area (Å²) in [6, 6.07) is 60.7. The molecule has 0 spiro atoms. The summed E-state index contributed by atoms with van der Waals surface area (Å²) in [5, 5.41) is 17.8. The molecule has 0 N–H and O–H groups in total. The normalized spacial score (nSPS) is 11.4. The van der Waals surface area contributed by atoms with Crippen LogP contribution < -0.4 is 18.3 Å². The summed E-state index contributed by atoms with van der Waals surface area (Å²) in [6.45, 7) is 49.1. The van der Waals surface area contributed by atoms with E-state index >= 15 is 0 Å². The summed E-state index contributed by atoms with van der Waals surface area (Å²) in [7, 11) is 8.17. The maximum atomic E-state index is 9.76. The van der Waals surface area contributed by atoms with Crippen LogP contribution in [-0.2, 0) is 53.9 Å². The molecule has 8 aromatic heterocycles. The molecule has 108 heavy (non-hydrogen) atoms. The van der Waals surface area contributed by atoms with Crippen molar-refractivity contribution < 1.29 is 35.9 Å². The number of nitrogens with zero attached hydrogens (tertiary/aromatic N) is 8. The molecule has 0 fully saturated rings. The molecular weight excluding hydrogens is 1330 g/mol. The molecule has 0 saturated heterocycles. The molecule has 12 nitrogen and oxygen atoms in total. The number of rotatable bonds is 12. The molecule has 0 aliphatic heterocycles. The molecule has 12 heteroatoms. The maximum Gasteiger partial charge on any atom is 0.212 e. The van der Waals surface area contributed by atoms with E-state index in [-0.39, 0.29) is 0 Å². The number of nitriles is 1. The lowest BCUT2D eigenvalue weighted by atomic mass is 9.95. The minimum Gasteiger partial charge on any atom is -0.457 e. The maximum absolute atomic E-state index is 9.76. The molecule has 8 heterocycles. The predicted molar refractivity (Wildman–Crippen MR) is 438 cm³/mol. The Morgan fingerprint density at radius 1 is 0.361 bits per heavy atom. The van der Waals surface area contributed by atoms with Gasteiger partial charge in [0.05, 0.1) is 30.8 Å². The minimum atomic E-state index is 0.492. The summed E-state index contributed by atoms with van der Waals surface area (Å²) in [5.74, 6) is 2.13. The average Bonchev–Trinajstić information content (AvgIpc) is 1.58. The quantitative estimate of drug-likeness (QED) is 0.0895. The first kappa shape index (κ1) is 73.8. The number of furan rings is 4. The fourth-order valence-electron chi connectivity index (χ4n) is 15.4. The zero-order valence-corrected chi connectivity index (χ0v) is 64.8. The van der Waals surface area contributed by atoms with E-state index in [4.69, 9.17) is 37.4 Å². The van der Waals surface area contributed by atoms with Crippen LogP contribution >= 0.6 is 0 Å². The van der Waals surface area contributed by atoms with Crippen LogP contribution in [0, 0.1) is 82.4 Å². The predicted octanol–water partition coefficient (Wildman–Crippen LogP) is 23.9. The number of aromatic nitrogens is 4. The lowest BCUT2D eigenvalue weighted by molar-refractivity contribution is -0.660. The highest BCUT2D eigenvalue weighted by molar-refractivity contribution is 6.16. The molecule has 16 aromatic rings. The van der Waals surface area contributed by atoms with Crippen molar-refractivity contribution in [3.05, 3.63) is 279 Å². The van der Waals surface area contributed by atoms with Gasteiger partial charge in [-0.1, -0.05) is 91.3 Å². The largest absolute Gasteiger partial charge is 0.457 e. The van der Waals surface area contributed by atoms with Gasteiger partial charge in [-0.2, -0.15) is 5.26 Å². The molecule has 16 rings (SSSR count). The Kier molecular flexibility index (Phi) is 21.1. The summed E-state index contributed by atoms with van der Waals surface area (Å²) >= 11 is 0. The topological polar surface area (TPSA) is 105 Å². The molecule has 8 aromatic carbocycles. The number of benzene rings is 8. The molecule has 536 valence electrons. The van der Waals surface area contributed by atoms with Crippen molar-refractivity contribution in [2.24, 2.45) is 51.9 Å². The summed E-state index contributed by atoms with van der Waals surface area (Å²) in [5.41, 5.74) is 27.4. The van der Waals surface area contributed by atoms with Crippen molar-refractivity contribution in [1.82, 2.24) is 0 Å². The molecule has 0 atom stereocenters. The van der Waals surface area contributed by atoms with Gasteiger partial charge >= 0.3 is 0 Å². The molecule has 0 bridgehead atoms. The van der Waals surface area contributed by atoms with Crippen LogP contribution in [0.4, 0.5) is 17.1 Å². The third kappa shape index (κ3) is 14.7. The zero-order valence-electron chi connectivity index (χ0n) is 64.8. The highest BCUT2D eigenvalue weighted by Crippen LogP contribution is 2.46. The van der Waals surface area contributed by atoms with Gasteiger partial charge < -0.3 is 17.7 Å². The second kappa shape index (κ2) is 30.9. The van der Waals surface area contributed by atoms with Gasteiger partial charge in [0.25, 0.3) is 0 Å². The molecule has 0 saturated carbocycles. The Morgan fingerprint density at radius 3 is 1.29 bits per heavy atom. The van der Waals surface area contributed by atoms with Crippen LogP contribution in [0.1, 0.15) is 105 Å². The van der Waals surface area contributed by atoms with Crippen molar-refractivity contribution >= 4 is 105 Å². The zero-order chi connectivity index (χ0) is 76.5. The third-order valence-corrected chi connectivity index (χ3v) is 20.4. The number of hydrogen-bond acceptors (Lipinski definition) is 5. The van der Waals surface area contributed by atoms with Crippen LogP contribution in [0.5, 0.6) is 0 Å². The summed E-state index contributed by atoms with van der Waals surface area (Å²) < 4.78 is 33.1. The van der Waals surface area contributed by atoms with Gasteiger partial charge in [0.2, 0.25) is 28.5 Å². The second-order valence-electron chi connectivity index (χ2n) is 30.6. The van der Waals surface area contributed by atoms with Gasteiger partial charge in [-0.05, 0) is 207 Å². The minimum absolute atomic E-state index is 0.492. The SMILES string of the molecule is Cc1cc2oc3c(C#N)c(CC(C)C)ccc3c2cc1-c1cccc[n+]1C.[C-]#[N+]c1c(-c2cccc[n+]2C)c(C)cc2oc3cc(CC(C)C)ccc3c12.[C-]#[N+]c1cc(CC(C)C)cc2oc3cc(C)c(-c4cccc[n+]4C)cc3c12.[C-]#[N+]c1cc2c(cc1CC(C)C)oc1cc(C)c(-c3cccc[n+]3C)cc12. The van der Waals surface area contributed by atoms with Crippen LogP contribution in [0.3, 0.4) is 0 Å². The molecular formula is C96H92N8O4+4. The summed E-state index contributed by atoms with van der Waals surface area (Å²) in [4.78, 5) is 11.5. The smallest absolute Gasteiger partial charge is 0.212 e. The van der Waals surface area contributed by atoms with E-state index < -0.39 is 0 Å². The van der Waals surface area contributed by atoms with E-state index in [1.54, 1.807) is 0 Å². The number of hydrogen-bond donors (Lipinski definition) is 0. The highest BCUT2D eigenvalue weighted by atomic mass is 16.3. The number of pyridine rings is 4. The molecule has 0 aliphatic rings. The lowest BCUT2D eigenvalue weighted by Gasteiger charge is -2.08. The van der Waals surface area contributed by atoms with E-state index in [1.807, 2.05) is 62.6 Å². The Morgan fingerprint density at radius 2 is 0.778 bits per heavy atom. The van der Waals surface area contributed by atoms with Crippen molar-refractivity contribution in [3.63, 3.8) is 0 Å². The highest BCUT2D eigenvalue weighted by Gasteiger charge is 2.26. The number of aryl methyl sites for hydroxylation is 8. The van der Waals surface area contributed by atoms with E-state index in [9.17, 15) is 5.26 Å². The van der Waals surface area contributed by atoms with Gasteiger partial charge in [0.15, 0.2) is 41.7 Å². The van der Waals surface area contributed by atoms with Crippen LogP contribution in [0.2, 0.25) is 0 Å².